The van der Waals surface area contributed by atoms with Gasteiger partial charge in [0.2, 0.25) is 0 Å². The van der Waals surface area contributed by atoms with Crippen molar-refractivity contribution >= 4 is 21.6 Å². The van der Waals surface area contributed by atoms with Crippen LogP contribution in [0.25, 0.3) is 0 Å². The summed E-state index contributed by atoms with van der Waals surface area (Å²) >= 11 is 3.27. The van der Waals surface area contributed by atoms with Crippen molar-refractivity contribution in [2.75, 3.05) is 18.5 Å². The molecule has 0 atom stereocenters. The second-order valence-corrected chi connectivity index (χ2v) is 5.31. The van der Waals surface area contributed by atoms with E-state index in [0.717, 1.165) is 12.8 Å². The fraction of sp³-hybridized carbons (Fsp3) is 0.667. The zero-order chi connectivity index (χ0) is 13.8. The molecule has 1 aromatic rings. The van der Waals surface area contributed by atoms with Crippen molar-refractivity contribution in [1.29, 1.82) is 0 Å². The molecule has 0 radical (unpaired) electrons. The van der Waals surface area contributed by atoms with Crippen LogP contribution in [-0.4, -0.2) is 28.0 Å². The van der Waals surface area contributed by atoms with E-state index >= 15 is 0 Å². The number of hydrogen-bond donors (Lipinski definition) is 2. The summed E-state index contributed by atoms with van der Waals surface area (Å²) in [7, 11) is 1.60. The summed E-state index contributed by atoms with van der Waals surface area (Å²) in [5.41, 5.74) is 0.334. The molecule has 0 aromatic carbocycles. The molecule has 0 aliphatic carbocycles. The minimum absolute atomic E-state index is 0.128. The van der Waals surface area contributed by atoms with Gasteiger partial charge in [-0.05, 0) is 28.8 Å². The monoisotopic (exact) mass is 317 g/mol. The van der Waals surface area contributed by atoms with Crippen LogP contribution in [0.3, 0.4) is 0 Å². The first-order valence-corrected chi connectivity index (χ1v) is 6.85. The Bertz CT molecular complexity index is 447. The predicted octanol–water partition coefficient (Wildman–Crippen LogP) is 1.75. The van der Waals surface area contributed by atoms with Crippen molar-refractivity contribution < 1.29 is 5.11 Å². The Morgan fingerprint density at radius 2 is 2.11 bits per heavy atom. The maximum absolute atomic E-state index is 11.7. The number of rotatable bonds is 6. The molecule has 2 N–H and O–H groups in total. The molecule has 0 saturated heterocycles. The first-order chi connectivity index (χ1) is 8.49. The molecule has 0 amide bonds. The Kier molecular flexibility index (Phi) is 5.34. The molecule has 0 unspecified atom stereocenters. The quantitative estimate of drug-likeness (QED) is 0.839. The largest absolute Gasteiger partial charge is 0.396 e. The second-order valence-electron chi connectivity index (χ2n) is 4.52. The summed E-state index contributed by atoms with van der Waals surface area (Å²) in [6, 6.07) is 0. The predicted molar refractivity (Wildman–Crippen MR) is 75.8 cm³/mol. The van der Waals surface area contributed by atoms with Crippen LogP contribution in [0, 0.1) is 5.41 Å². The van der Waals surface area contributed by atoms with Gasteiger partial charge in [-0.25, -0.2) is 4.68 Å². The standard InChI is InChI=1S/C12H20BrN3O2/c1-4-12(5-2,8-17)7-14-9-6-15-16(3)11(18)10(9)13/h6,14,17H,4-5,7-8H2,1-3H3. The summed E-state index contributed by atoms with van der Waals surface area (Å²) in [4.78, 5) is 11.7. The number of aryl methyl sites for hydroxylation is 1. The van der Waals surface area contributed by atoms with Crippen LogP contribution in [0.15, 0.2) is 15.5 Å². The van der Waals surface area contributed by atoms with Crippen LogP contribution >= 0.6 is 15.9 Å². The third-order valence-electron chi connectivity index (χ3n) is 3.57. The first kappa shape index (κ1) is 15.2. The van der Waals surface area contributed by atoms with E-state index in [1.54, 1.807) is 13.2 Å². The molecule has 1 heterocycles. The van der Waals surface area contributed by atoms with Crippen LogP contribution in [0.2, 0.25) is 0 Å². The van der Waals surface area contributed by atoms with Crippen molar-refractivity contribution in [3.63, 3.8) is 0 Å². The van der Waals surface area contributed by atoms with Gasteiger partial charge in [-0.1, -0.05) is 13.8 Å². The summed E-state index contributed by atoms with van der Waals surface area (Å²) in [5.74, 6) is 0. The molecule has 18 heavy (non-hydrogen) atoms. The Balaban J connectivity index is 2.87. The smallest absolute Gasteiger partial charge is 0.282 e. The summed E-state index contributed by atoms with van der Waals surface area (Å²) < 4.78 is 1.74. The molecule has 0 bridgehead atoms. The minimum Gasteiger partial charge on any atom is -0.396 e. The third kappa shape index (κ3) is 3.11. The number of hydrogen-bond acceptors (Lipinski definition) is 4. The van der Waals surface area contributed by atoms with Crippen molar-refractivity contribution in [3.8, 4) is 0 Å². The van der Waals surface area contributed by atoms with Gasteiger partial charge in [0.05, 0.1) is 18.5 Å². The van der Waals surface area contributed by atoms with Crippen LogP contribution in [0.1, 0.15) is 26.7 Å². The number of halogens is 1. The second kappa shape index (κ2) is 6.33. The van der Waals surface area contributed by atoms with E-state index in [0.29, 0.717) is 16.7 Å². The highest BCUT2D eigenvalue weighted by Gasteiger charge is 2.25. The van der Waals surface area contributed by atoms with Crippen molar-refractivity contribution in [2.45, 2.75) is 26.7 Å². The molecular formula is C12H20BrN3O2. The van der Waals surface area contributed by atoms with Gasteiger partial charge >= 0.3 is 0 Å². The Morgan fingerprint density at radius 1 is 1.50 bits per heavy atom. The van der Waals surface area contributed by atoms with Gasteiger partial charge in [-0.15, -0.1) is 0 Å². The van der Waals surface area contributed by atoms with Crippen molar-refractivity contribution in [3.05, 3.63) is 21.0 Å². The molecule has 1 rings (SSSR count). The number of aliphatic hydroxyl groups is 1. The number of nitrogens with one attached hydrogen (secondary N) is 1. The van der Waals surface area contributed by atoms with E-state index in [1.807, 2.05) is 0 Å². The Labute approximate surface area is 115 Å². The van der Waals surface area contributed by atoms with E-state index < -0.39 is 0 Å². The lowest BCUT2D eigenvalue weighted by atomic mass is 9.83. The topological polar surface area (TPSA) is 67.2 Å². The summed E-state index contributed by atoms with van der Waals surface area (Å²) in [6.45, 7) is 4.85. The molecule has 0 spiro atoms. The van der Waals surface area contributed by atoms with Gasteiger partial charge in [0.15, 0.2) is 0 Å². The molecule has 0 fully saturated rings. The zero-order valence-electron chi connectivity index (χ0n) is 11.0. The average molecular weight is 318 g/mol. The minimum atomic E-state index is -0.178. The maximum Gasteiger partial charge on any atom is 0.282 e. The highest BCUT2D eigenvalue weighted by molar-refractivity contribution is 9.10. The molecular weight excluding hydrogens is 298 g/mol. The van der Waals surface area contributed by atoms with E-state index in [4.69, 9.17) is 0 Å². The molecule has 0 saturated carbocycles. The Morgan fingerprint density at radius 3 is 2.61 bits per heavy atom. The fourth-order valence-corrected chi connectivity index (χ4v) is 2.20. The summed E-state index contributed by atoms with van der Waals surface area (Å²) in [6.07, 6.45) is 3.37. The van der Waals surface area contributed by atoms with Gasteiger partial charge in [0.25, 0.3) is 5.56 Å². The molecule has 0 aliphatic rings. The molecule has 6 heteroatoms. The van der Waals surface area contributed by atoms with Crippen molar-refractivity contribution in [2.24, 2.45) is 12.5 Å². The van der Waals surface area contributed by atoms with Crippen molar-refractivity contribution in [1.82, 2.24) is 9.78 Å². The zero-order valence-corrected chi connectivity index (χ0v) is 12.6. The van der Waals surface area contributed by atoms with Gasteiger partial charge in [0, 0.05) is 19.0 Å². The third-order valence-corrected chi connectivity index (χ3v) is 4.33. The highest BCUT2D eigenvalue weighted by atomic mass is 79.9. The lowest BCUT2D eigenvalue weighted by Gasteiger charge is -2.30. The van der Waals surface area contributed by atoms with Gasteiger partial charge in [-0.2, -0.15) is 5.10 Å². The Hall–Kier alpha value is -0.880. The lowest BCUT2D eigenvalue weighted by Crippen LogP contribution is -2.33. The molecule has 102 valence electrons. The van der Waals surface area contributed by atoms with E-state index in [1.165, 1.54) is 4.68 Å². The summed E-state index contributed by atoms with van der Waals surface area (Å²) in [5, 5.41) is 16.6. The highest BCUT2D eigenvalue weighted by Crippen LogP contribution is 2.27. The molecule has 1 aromatic heterocycles. The number of aliphatic hydroxyl groups excluding tert-OH is 1. The molecule has 0 aliphatic heterocycles. The van der Waals surface area contributed by atoms with Crippen LogP contribution in [0.5, 0.6) is 0 Å². The van der Waals surface area contributed by atoms with Gasteiger partial charge in [-0.3, -0.25) is 4.79 Å². The van der Waals surface area contributed by atoms with Crippen LogP contribution < -0.4 is 10.9 Å². The average Bonchev–Trinajstić information content (AvgIpc) is 2.40. The normalized spacial score (nSPS) is 11.6. The first-order valence-electron chi connectivity index (χ1n) is 6.06. The SMILES string of the molecule is CCC(CC)(CO)CNc1cnn(C)c(=O)c1Br. The number of aromatic nitrogens is 2. The van der Waals surface area contributed by atoms with Gasteiger partial charge < -0.3 is 10.4 Å². The van der Waals surface area contributed by atoms with E-state index in [-0.39, 0.29) is 17.6 Å². The van der Waals surface area contributed by atoms with E-state index in [2.05, 4.69) is 40.2 Å². The van der Waals surface area contributed by atoms with Gasteiger partial charge in [0.1, 0.15) is 4.47 Å². The van der Waals surface area contributed by atoms with Crippen LogP contribution in [-0.2, 0) is 7.05 Å². The number of nitrogens with zero attached hydrogens (tertiary/aromatic N) is 2. The van der Waals surface area contributed by atoms with E-state index in [9.17, 15) is 9.90 Å². The van der Waals surface area contributed by atoms with Crippen LogP contribution in [0.4, 0.5) is 5.69 Å². The fourth-order valence-electron chi connectivity index (χ4n) is 1.70. The number of anilines is 1. The molecule has 5 nitrogen and oxygen atoms in total. The maximum atomic E-state index is 11.7. The lowest BCUT2D eigenvalue weighted by molar-refractivity contribution is 0.127.